The summed E-state index contributed by atoms with van der Waals surface area (Å²) in [5, 5.41) is 0. The van der Waals surface area contributed by atoms with Crippen LogP contribution in [-0.2, 0) is 9.53 Å². The van der Waals surface area contributed by atoms with Gasteiger partial charge in [-0.15, -0.1) is 0 Å². The topological polar surface area (TPSA) is 87.5 Å². The van der Waals surface area contributed by atoms with Crippen LogP contribution < -0.4 is 10.5 Å². The second-order valence-electron chi connectivity index (χ2n) is 8.07. The average Bonchev–Trinajstić information content (AvgIpc) is 3.13. The van der Waals surface area contributed by atoms with Crippen molar-refractivity contribution in [2.24, 2.45) is 0 Å². The van der Waals surface area contributed by atoms with Gasteiger partial charge in [0.2, 0.25) is 0 Å². The van der Waals surface area contributed by atoms with E-state index in [4.69, 9.17) is 21.9 Å². The fourth-order valence-corrected chi connectivity index (χ4v) is 5.39. The smallest absolute Gasteiger partial charge is 0.409 e. The molecule has 4 heterocycles. The van der Waals surface area contributed by atoms with Gasteiger partial charge in [0, 0.05) is 38.4 Å². The summed E-state index contributed by atoms with van der Waals surface area (Å²) < 4.78 is 7.07. The maximum atomic E-state index is 13.5. The summed E-state index contributed by atoms with van der Waals surface area (Å²) in [7, 11) is 0. The third kappa shape index (κ3) is 4.54. The highest BCUT2D eigenvalue weighted by Crippen LogP contribution is 2.35. The van der Waals surface area contributed by atoms with E-state index in [1.165, 1.54) is 16.2 Å². The van der Waals surface area contributed by atoms with Crippen molar-refractivity contribution in [1.29, 1.82) is 0 Å². The van der Waals surface area contributed by atoms with Crippen molar-refractivity contribution in [3.8, 4) is 0 Å². The van der Waals surface area contributed by atoms with E-state index in [1.54, 1.807) is 41.1 Å². The summed E-state index contributed by atoms with van der Waals surface area (Å²) in [4.78, 5) is 49.1. The van der Waals surface area contributed by atoms with Crippen LogP contribution in [0.4, 0.5) is 10.6 Å². The van der Waals surface area contributed by atoms with Gasteiger partial charge in [-0.25, -0.2) is 9.78 Å². The minimum absolute atomic E-state index is 0.0235. The van der Waals surface area contributed by atoms with Crippen LogP contribution in [0.2, 0.25) is 0 Å². The highest BCUT2D eigenvalue weighted by molar-refractivity contribution is 8.26. The van der Waals surface area contributed by atoms with E-state index in [9.17, 15) is 14.4 Å². The summed E-state index contributed by atoms with van der Waals surface area (Å²) in [5.41, 5.74) is 0.583. The standard InChI is InChI=1S/C23H27N5O4S2/c1-4-15(3)28-21(30)17(34-23(28)33)14-16-19(24-18-8-6-7-9-27(18)20(16)29)25-10-12-26(13-11-25)22(31)32-5-2/h6-9,14-15H,4-5,10-13H2,1-3H3/b17-14-/t15-/m0/s1. The second kappa shape index (κ2) is 10.1. The summed E-state index contributed by atoms with van der Waals surface area (Å²) in [6.45, 7) is 7.92. The Balaban J connectivity index is 1.73. The predicted molar refractivity (Wildman–Crippen MR) is 137 cm³/mol. The number of aromatic nitrogens is 2. The molecule has 180 valence electrons. The van der Waals surface area contributed by atoms with Crippen molar-refractivity contribution in [3.63, 3.8) is 0 Å². The molecule has 4 rings (SSSR count). The third-order valence-corrected chi connectivity index (χ3v) is 7.32. The van der Waals surface area contributed by atoms with Crippen molar-refractivity contribution in [2.75, 3.05) is 37.7 Å². The Morgan fingerprint density at radius 2 is 1.97 bits per heavy atom. The number of fused-ring (bicyclic) bond motifs is 1. The second-order valence-corrected chi connectivity index (χ2v) is 9.74. The molecule has 0 aromatic carbocycles. The van der Waals surface area contributed by atoms with E-state index in [0.29, 0.717) is 59.0 Å². The first-order chi connectivity index (χ1) is 16.3. The normalized spacial score (nSPS) is 18.8. The Labute approximate surface area is 207 Å². The van der Waals surface area contributed by atoms with Crippen molar-refractivity contribution in [3.05, 3.63) is 45.2 Å². The number of hydrogen-bond acceptors (Lipinski definition) is 8. The number of amides is 2. The van der Waals surface area contributed by atoms with Crippen molar-refractivity contribution < 1.29 is 14.3 Å². The summed E-state index contributed by atoms with van der Waals surface area (Å²) in [6.07, 6.45) is 3.71. The number of rotatable bonds is 5. The molecule has 0 aliphatic carbocycles. The van der Waals surface area contributed by atoms with Gasteiger partial charge in [0.15, 0.2) is 0 Å². The van der Waals surface area contributed by atoms with E-state index in [2.05, 4.69) is 0 Å². The molecule has 0 radical (unpaired) electrons. The maximum Gasteiger partial charge on any atom is 0.409 e. The molecule has 2 saturated heterocycles. The van der Waals surface area contributed by atoms with Gasteiger partial charge >= 0.3 is 6.09 Å². The van der Waals surface area contributed by atoms with Crippen LogP contribution in [0.3, 0.4) is 0 Å². The minimum Gasteiger partial charge on any atom is -0.450 e. The van der Waals surface area contributed by atoms with Gasteiger partial charge in [0.25, 0.3) is 11.5 Å². The Morgan fingerprint density at radius 1 is 1.24 bits per heavy atom. The van der Waals surface area contributed by atoms with Crippen molar-refractivity contribution >= 4 is 57.8 Å². The van der Waals surface area contributed by atoms with Gasteiger partial charge < -0.3 is 14.5 Å². The Kier molecular flexibility index (Phi) is 7.22. The quantitative estimate of drug-likeness (QED) is 0.457. The molecule has 9 nitrogen and oxygen atoms in total. The van der Waals surface area contributed by atoms with E-state index in [0.717, 1.165) is 6.42 Å². The lowest BCUT2D eigenvalue weighted by Gasteiger charge is -2.35. The van der Waals surface area contributed by atoms with Crippen LogP contribution in [0.5, 0.6) is 0 Å². The SMILES string of the molecule is CCOC(=O)N1CCN(c2nc3ccccn3c(=O)c2/C=C2\SC(=S)N([C@@H](C)CC)C2=O)CC1. The van der Waals surface area contributed by atoms with E-state index in [1.807, 2.05) is 24.8 Å². The molecule has 34 heavy (non-hydrogen) atoms. The predicted octanol–water partition coefficient (Wildman–Crippen LogP) is 2.97. The van der Waals surface area contributed by atoms with E-state index in [-0.39, 0.29) is 23.6 Å². The van der Waals surface area contributed by atoms with Gasteiger partial charge in [-0.1, -0.05) is 37.0 Å². The molecular weight excluding hydrogens is 474 g/mol. The molecule has 2 aromatic heterocycles. The number of piperazine rings is 1. The van der Waals surface area contributed by atoms with Crippen LogP contribution in [0.25, 0.3) is 11.7 Å². The van der Waals surface area contributed by atoms with Crippen molar-refractivity contribution in [2.45, 2.75) is 33.2 Å². The molecule has 11 heteroatoms. The zero-order valence-electron chi connectivity index (χ0n) is 19.4. The van der Waals surface area contributed by atoms with Crippen LogP contribution in [-0.4, -0.2) is 74.3 Å². The van der Waals surface area contributed by atoms with Crippen molar-refractivity contribution in [1.82, 2.24) is 19.2 Å². The zero-order valence-corrected chi connectivity index (χ0v) is 21.0. The number of carbonyl (C=O) groups is 2. The molecular formula is C23H27N5O4S2. The molecule has 0 unspecified atom stereocenters. The van der Waals surface area contributed by atoms with Gasteiger partial charge in [0.1, 0.15) is 15.8 Å². The monoisotopic (exact) mass is 501 g/mol. The fourth-order valence-electron chi connectivity index (χ4n) is 3.95. The summed E-state index contributed by atoms with van der Waals surface area (Å²) in [6, 6.07) is 5.33. The molecule has 2 fully saturated rings. The number of thioether (sulfide) groups is 1. The Hall–Kier alpha value is -2.92. The van der Waals surface area contributed by atoms with E-state index < -0.39 is 0 Å². The lowest BCUT2D eigenvalue weighted by atomic mass is 10.2. The first-order valence-corrected chi connectivity index (χ1v) is 12.5. The largest absolute Gasteiger partial charge is 0.450 e. The molecule has 2 aromatic rings. The Bertz CT molecular complexity index is 1220. The van der Waals surface area contributed by atoms with Crippen LogP contribution in [0, 0.1) is 0 Å². The number of hydrogen-bond donors (Lipinski definition) is 0. The summed E-state index contributed by atoms with van der Waals surface area (Å²) >= 11 is 6.65. The molecule has 0 saturated carbocycles. The highest BCUT2D eigenvalue weighted by Gasteiger charge is 2.35. The number of carbonyl (C=O) groups excluding carboxylic acids is 2. The zero-order chi connectivity index (χ0) is 24.4. The van der Waals surface area contributed by atoms with Crippen LogP contribution in [0.1, 0.15) is 32.8 Å². The fraction of sp³-hybridized carbons (Fsp3) is 0.435. The van der Waals surface area contributed by atoms with Gasteiger partial charge in [-0.2, -0.15) is 0 Å². The summed E-state index contributed by atoms with van der Waals surface area (Å²) in [5.74, 6) is 0.300. The van der Waals surface area contributed by atoms with Crippen LogP contribution >= 0.6 is 24.0 Å². The lowest BCUT2D eigenvalue weighted by Crippen LogP contribution is -2.49. The molecule has 0 spiro atoms. The molecule has 2 aliphatic heterocycles. The van der Waals surface area contributed by atoms with Gasteiger partial charge in [0.05, 0.1) is 17.1 Å². The first kappa shape index (κ1) is 24.2. The maximum absolute atomic E-state index is 13.5. The number of nitrogens with zero attached hydrogens (tertiary/aromatic N) is 5. The van der Waals surface area contributed by atoms with Gasteiger partial charge in [-0.05, 0) is 38.5 Å². The lowest BCUT2D eigenvalue weighted by molar-refractivity contribution is -0.123. The first-order valence-electron chi connectivity index (χ1n) is 11.3. The van der Waals surface area contributed by atoms with Crippen LogP contribution in [0.15, 0.2) is 34.1 Å². The minimum atomic E-state index is -0.345. The number of thiocarbonyl (C=S) groups is 1. The highest BCUT2D eigenvalue weighted by atomic mass is 32.2. The van der Waals surface area contributed by atoms with Gasteiger partial charge in [-0.3, -0.25) is 18.9 Å². The Morgan fingerprint density at radius 3 is 2.65 bits per heavy atom. The third-order valence-electron chi connectivity index (χ3n) is 5.98. The number of ether oxygens (including phenoxy) is 1. The van der Waals surface area contributed by atoms with E-state index >= 15 is 0 Å². The molecule has 2 aliphatic rings. The molecule has 1 atom stereocenters. The number of pyridine rings is 1. The molecule has 0 bridgehead atoms. The molecule has 2 amide bonds. The molecule has 0 N–H and O–H groups in total. The average molecular weight is 502 g/mol. The number of anilines is 1.